The molecule has 21 heavy (non-hydrogen) atoms. The minimum absolute atomic E-state index is 0.224. The fourth-order valence-electron chi connectivity index (χ4n) is 2.25. The molecular formula is C14H18ClN3O2S. The molecule has 0 atom stereocenters. The molecule has 7 heteroatoms. The molecule has 0 aliphatic rings. The first-order valence-corrected chi connectivity index (χ1v) is 8.96. The van der Waals surface area contributed by atoms with Gasteiger partial charge >= 0.3 is 0 Å². The summed E-state index contributed by atoms with van der Waals surface area (Å²) >= 11 is 0. The Hall–Kier alpha value is -1.40. The standard InChI is InChI=1S/C14H18ClN3O2S/c1-5-10-8-6-7-9-11(10)12-16-17-13(21(15,19)20)18(12)14(2,3)4/h6-9H,5H2,1-4H3. The van der Waals surface area contributed by atoms with Crippen LogP contribution in [0.1, 0.15) is 33.3 Å². The lowest BCUT2D eigenvalue weighted by molar-refractivity contribution is 0.367. The molecule has 0 spiro atoms. The average Bonchev–Trinajstić information content (AvgIpc) is 2.83. The summed E-state index contributed by atoms with van der Waals surface area (Å²) in [4.78, 5) is 0. The second-order valence-corrected chi connectivity index (χ2v) is 8.22. The third kappa shape index (κ3) is 3.11. The number of rotatable bonds is 3. The van der Waals surface area contributed by atoms with Gasteiger partial charge in [-0.2, -0.15) is 0 Å². The van der Waals surface area contributed by atoms with Gasteiger partial charge in [0.2, 0.25) is 0 Å². The highest BCUT2D eigenvalue weighted by Gasteiger charge is 2.30. The van der Waals surface area contributed by atoms with E-state index in [1.807, 2.05) is 52.0 Å². The Balaban J connectivity index is 2.80. The molecule has 114 valence electrons. The maximum atomic E-state index is 11.7. The van der Waals surface area contributed by atoms with Crippen LogP contribution >= 0.6 is 10.7 Å². The lowest BCUT2D eigenvalue weighted by atomic mass is 10.0. The van der Waals surface area contributed by atoms with Gasteiger partial charge in [-0.15, -0.1) is 10.2 Å². The Morgan fingerprint density at radius 2 is 1.81 bits per heavy atom. The lowest BCUT2D eigenvalue weighted by Crippen LogP contribution is -2.26. The third-order valence-electron chi connectivity index (χ3n) is 3.16. The molecule has 0 bridgehead atoms. The Labute approximate surface area is 129 Å². The summed E-state index contributed by atoms with van der Waals surface area (Å²) in [5.74, 6) is 0.513. The van der Waals surface area contributed by atoms with Crippen molar-refractivity contribution in [3.63, 3.8) is 0 Å². The van der Waals surface area contributed by atoms with Gasteiger partial charge in [0, 0.05) is 21.8 Å². The summed E-state index contributed by atoms with van der Waals surface area (Å²) in [5.41, 5.74) is 1.43. The highest BCUT2D eigenvalue weighted by molar-refractivity contribution is 8.13. The van der Waals surface area contributed by atoms with Gasteiger partial charge in [0.25, 0.3) is 14.2 Å². The van der Waals surface area contributed by atoms with Crippen LogP contribution in [-0.2, 0) is 21.0 Å². The first kappa shape index (κ1) is 16.0. The number of aromatic nitrogens is 3. The van der Waals surface area contributed by atoms with Crippen LogP contribution in [0.25, 0.3) is 11.4 Å². The Morgan fingerprint density at radius 1 is 1.19 bits per heavy atom. The summed E-state index contributed by atoms with van der Waals surface area (Å²) in [7, 11) is 1.53. The normalized spacial score (nSPS) is 12.6. The predicted octanol–water partition coefficient (Wildman–Crippen LogP) is 3.19. The van der Waals surface area contributed by atoms with E-state index < -0.39 is 14.6 Å². The molecule has 5 nitrogen and oxygen atoms in total. The number of hydrogen-bond acceptors (Lipinski definition) is 4. The van der Waals surface area contributed by atoms with Gasteiger partial charge in [-0.3, -0.25) is 4.57 Å². The van der Waals surface area contributed by atoms with Crippen LogP contribution in [0.2, 0.25) is 0 Å². The molecule has 1 aromatic heterocycles. The summed E-state index contributed by atoms with van der Waals surface area (Å²) in [6, 6.07) is 7.74. The molecule has 0 aliphatic carbocycles. The predicted molar refractivity (Wildman–Crippen MR) is 82.9 cm³/mol. The summed E-state index contributed by atoms with van der Waals surface area (Å²) in [5, 5.41) is 7.65. The van der Waals surface area contributed by atoms with E-state index in [1.165, 1.54) is 0 Å². The molecule has 1 heterocycles. The van der Waals surface area contributed by atoms with Crippen molar-refractivity contribution in [2.75, 3.05) is 0 Å². The van der Waals surface area contributed by atoms with E-state index in [0.29, 0.717) is 5.82 Å². The molecule has 0 amide bonds. The van der Waals surface area contributed by atoms with E-state index in [0.717, 1.165) is 17.5 Å². The van der Waals surface area contributed by atoms with Crippen LogP contribution < -0.4 is 0 Å². The zero-order chi connectivity index (χ0) is 15.8. The lowest BCUT2D eigenvalue weighted by Gasteiger charge is -2.24. The van der Waals surface area contributed by atoms with E-state index in [2.05, 4.69) is 10.2 Å². The fraction of sp³-hybridized carbons (Fsp3) is 0.429. The molecule has 0 unspecified atom stereocenters. The molecule has 2 rings (SSSR count). The maximum Gasteiger partial charge on any atom is 0.296 e. The number of hydrogen-bond donors (Lipinski definition) is 0. The molecule has 0 saturated carbocycles. The third-order valence-corrected chi connectivity index (χ3v) is 4.28. The average molecular weight is 328 g/mol. The summed E-state index contributed by atoms with van der Waals surface area (Å²) < 4.78 is 25.1. The fourth-order valence-corrected chi connectivity index (χ4v) is 3.27. The maximum absolute atomic E-state index is 11.7. The summed E-state index contributed by atoms with van der Waals surface area (Å²) in [6.45, 7) is 7.70. The molecule has 0 N–H and O–H groups in total. The van der Waals surface area contributed by atoms with Crippen molar-refractivity contribution in [1.29, 1.82) is 0 Å². The van der Waals surface area contributed by atoms with Crippen LogP contribution in [0.4, 0.5) is 0 Å². The second kappa shape index (κ2) is 5.42. The van der Waals surface area contributed by atoms with Crippen molar-refractivity contribution in [3.8, 4) is 11.4 Å². The number of benzene rings is 1. The first-order valence-electron chi connectivity index (χ1n) is 6.65. The minimum Gasteiger partial charge on any atom is -0.291 e. The molecule has 0 saturated heterocycles. The second-order valence-electron chi connectivity index (χ2n) is 5.76. The number of nitrogens with zero attached hydrogens (tertiary/aromatic N) is 3. The minimum atomic E-state index is -3.96. The van der Waals surface area contributed by atoms with Crippen LogP contribution in [0.15, 0.2) is 29.4 Å². The van der Waals surface area contributed by atoms with Crippen molar-refractivity contribution in [1.82, 2.24) is 14.8 Å². The van der Waals surface area contributed by atoms with Crippen LogP contribution in [0.3, 0.4) is 0 Å². The van der Waals surface area contributed by atoms with Crippen LogP contribution in [0, 0.1) is 0 Å². The monoisotopic (exact) mass is 327 g/mol. The smallest absolute Gasteiger partial charge is 0.291 e. The van der Waals surface area contributed by atoms with E-state index in [1.54, 1.807) is 4.57 Å². The van der Waals surface area contributed by atoms with E-state index in [-0.39, 0.29) is 5.16 Å². The van der Waals surface area contributed by atoms with Crippen LogP contribution in [-0.4, -0.2) is 23.2 Å². The molecule has 0 fully saturated rings. The van der Waals surface area contributed by atoms with Crippen molar-refractivity contribution in [2.45, 2.75) is 44.8 Å². The Kier molecular flexibility index (Phi) is 4.13. The molecule has 0 aliphatic heterocycles. The van der Waals surface area contributed by atoms with Crippen molar-refractivity contribution >= 4 is 19.7 Å². The van der Waals surface area contributed by atoms with Crippen molar-refractivity contribution in [3.05, 3.63) is 29.8 Å². The largest absolute Gasteiger partial charge is 0.296 e. The molecule has 0 radical (unpaired) electrons. The van der Waals surface area contributed by atoms with Gasteiger partial charge in [-0.1, -0.05) is 31.2 Å². The number of aryl methyl sites for hydroxylation is 1. The number of halogens is 1. The quantitative estimate of drug-likeness (QED) is 0.812. The highest BCUT2D eigenvalue weighted by Crippen LogP contribution is 2.31. The van der Waals surface area contributed by atoms with E-state index in [9.17, 15) is 8.42 Å². The van der Waals surface area contributed by atoms with E-state index >= 15 is 0 Å². The zero-order valence-electron chi connectivity index (χ0n) is 12.5. The van der Waals surface area contributed by atoms with Gasteiger partial charge in [0.05, 0.1) is 0 Å². The highest BCUT2D eigenvalue weighted by atomic mass is 35.7. The SMILES string of the molecule is CCc1ccccc1-c1nnc(S(=O)(=O)Cl)n1C(C)(C)C. The van der Waals surface area contributed by atoms with E-state index in [4.69, 9.17) is 10.7 Å². The Bertz CT molecular complexity index is 761. The van der Waals surface area contributed by atoms with Gasteiger partial charge < -0.3 is 0 Å². The van der Waals surface area contributed by atoms with Gasteiger partial charge in [0.1, 0.15) is 0 Å². The molecule has 2 aromatic rings. The van der Waals surface area contributed by atoms with Crippen molar-refractivity contribution < 1.29 is 8.42 Å². The molecular weight excluding hydrogens is 310 g/mol. The van der Waals surface area contributed by atoms with Gasteiger partial charge in [0.15, 0.2) is 5.82 Å². The molecule has 1 aromatic carbocycles. The van der Waals surface area contributed by atoms with Gasteiger partial charge in [-0.05, 0) is 32.8 Å². The van der Waals surface area contributed by atoms with Crippen LogP contribution in [0.5, 0.6) is 0 Å². The topological polar surface area (TPSA) is 64.8 Å². The first-order chi connectivity index (χ1) is 9.66. The zero-order valence-corrected chi connectivity index (χ0v) is 14.0. The Morgan fingerprint density at radius 3 is 2.33 bits per heavy atom. The van der Waals surface area contributed by atoms with Crippen molar-refractivity contribution in [2.24, 2.45) is 0 Å². The van der Waals surface area contributed by atoms with Gasteiger partial charge in [-0.25, -0.2) is 8.42 Å². The summed E-state index contributed by atoms with van der Waals surface area (Å²) in [6.07, 6.45) is 0.816.